The number of hydrogen-bond acceptors (Lipinski definition) is 0. The summed E-state index contributed by atoms with van der Waals surface area (Å²) in [6.07, 6.45) is 5.82. The molecular formula is C21H18AsBr. The second kappa shape index (κ2) is 8.21. The van der Waals surface area contributed by atoms with Crippen molar-refractivity contribution < 1.29 is 17.0 Å². The van der Waals surface area contributed by atoms with Crippen LogP contribution in [0.1, 0.15) is 0 Å². The summed E-state index contributed by atoms with van der Waals surface area (Å²) in [4.78, 5) is 0. The smallest absolute Gasteiger partial charge is 1.00 e. The summed E-state index contributed by atoms with van der Waals surface area (Å²) < 4.78 is 4.20. The summed E-state index contributed by atoms with van der Waals surface area (Å²) in [6, 6.07) is 32.4. The third-order valence-electron chi connectivity index (χ3n) is 3.92. The van der Waals surface area contributed by atoms with Gasteiger partial charge in [0.05, 0.1) is 0 Å². The maximum absolute atomic E-state index is 5.82. The van der Waals surface area contributed by atoms with E-state index in [9.17, 15) is 0 Å². The first kappa shape index (κ1) is 17.6. The first-order chi connectivity index (χ1) is 10.9. The fourth-order valence-electron chi connectivity index (χ4n) is 2.91. The SMILES string of the molecule is C#CC[As+](c1ccccc1)(c1ccccc1)c1ccccc1.[Br-]. The summed E-state index contributed by atoms with van der Waals surface area (Å²) >= 11 is -2.60. The van der Waals surface area contributed by atoms with E-state index in [1.165, 1.54) is 13.1 Å². The van der Waals surface area contributed by atoms with Gasteiger partial charge in [-0.2, -0.15) is 0 Å². The molecule has 3 aromatic rings. The van der Waals surface area contributed by atoms with Gasteiger partial charge in [0, 0.05) is 0 Å². The molecule has 0 heterocycles. The maximum atomic E-state index is 5.82. The van der Waals surface area contributed by atoms with E-state index in [0.29, 0.717) is 0 Å². The van der Waals surface area contributed by atoms with Crippen molar-refractivity contribution in [3.63, 3.8) is 0 Å². The molecule has 0 unspecified atom stereocenters. The summed E-state index contributed by atoms with van der Waals surface area (Å²) in [6.45, 7) is 0. The molecule has 0 nitrogen and oxygen atoms in total. The van der Waals surface area contributed by atoms with Crippen molar-refractivity contribution in [2.24, 2.45) is 0 Å². The Balaban J connectivity index is 0.00000192. The zero-order valence-electron chi connectivity index (χ0n) is 12.8. The second-order valence-electron chi connectivity index (χ2n) is 5.18. The summed E-state index contributed by atoms with van der Waals surface area (Å²) in [5.74, 6) is 2.98. The molecule has 0 saturated carbocycles. The Morgan fingerprint density at radius 3 is 1.17 bits per heavy atom. The van der Waals surface area contributed by atoms with E-state index in [-0.39, 0.29) is 17.0 Å². The van der Waals surface area contributed by atoms with Crippen molar-refractivity contribution in [1.29, 1.82) is 0 Å². The molecule has 114 valence electrons. The molecule has 0 aromatic heterocycles. The van der Waals surface area contributed by atoms with Crippen molar-refractivity contribution in [2.45, 2.75) is 5.21 Å². The Labute approximate surface area is 151 Å². The quantitative estimate of drug-likeness (QED) is 0.401. The average molecular weight is 425 g/mol. The van der Waals surface area contributed by atoms with Crippen LogP contribution >= 0.6 is 0 Å². The number of benzene rings is 3. The van der Waals surface area contributed by atoms with Gasteiger partial charge in [-0.15, -0.1) is 0 Å². The van der Waals surface area contributed by atoms with Crippen LogP contribution < -0.4 is 30.0 Å². The second-order valence-corrected chi connectivity index (χ2v) is 12.5. The maximum Gasteiger partial charge on any atom is -1.00 e. The predicted octanol–water partition coefficient (Wildman–Crippen LogP) is -0.206. The fourth-order valence-corrected chi connectivity index (χ4v) is 10.8. The van der Waals surface area contributed by atoms with Crippen LogP contribution in [0.5, 0.6) is 0 Å². The van der Waals surface area contributed by atoms with Crippen LogP contribution in [0, 0.1) is 12.3 Å². The van der Waals surface area contributed by atoms with Gasteiger partial charge in [-0.3, -0.25) is 0 Å². The van der Waals surface area contributed by atoms with Gasteiger partial charge in [0.15, 0.2) is 0 Å². The van der Waals surface area contributed by atoms with Gasteiger partial charge in [0.25, 0.3) is 0 Å². The van der Waals surface area contributed by atoms with Crippen LogP contribution in [0.25, 0.3) is 0 Å². The number of hydrogen-bond donors (Lipinski definition) is 0. The van der Waals surface area contributed by atoms with Crippen molar-refractivity contribution in [3.8, 4) is 12.3 Å². The van der Waals surface area contributed by atoms with Crippen molar-refractivity contribution in [3.05, 3.63) is 91.0 Å². The topological polar surface area (TPSA) is 0 Å². The molecule has 0 N–H and O–H groups in total. The molecule has 0 aliphatic carbocycles. The summed E-state index contributed by atoms with van der Waals surface area (Å²) in [5, 5.41) is 0.802. The molecule has 0 aliphatic rings. The molecule has 3 aromatic carbocycles. The third-order valence-corrected chi connectivity index (χ3v) is 12.7. The van der Waals surface area contributed by atoms with Crippen LogP contribution in [-0.4, -0.2) is 13.6 Å². The van der Waals surface area contributed by atoms with Gasteiger partial charge in [0.2, 0.25) is 0 Å². The molecule has 0 bridgehead atoms. The number of terminal acetylenes is 1. The number of rotatable bonds is 4. The van der Waals surface area contributed by atoms with Crippen molar-refractivity contribution >= 4 is 26.6 Å². The molecule has 0 fully saturated rings. The Hall–Kier alpha value is -1.74. The van der Waals surface area contributed by atoms with Gasteiger partial charge in [-0.25, -0.2) is 0 Å². The molecule has 0 amide bonds. The van der Waals surface area contributed by atoms with Crippen molar-refractivity contribution in [2.75, 3.05) is 0 Å². The van der Waals surface area contributed by atoms with Crippen molar-refractivity contribution in [1.82, 2.24) is 0 Å². The largest absolute Gasteiger partial charge is 1.00 e. The van der Waals surface area contributed by atoms with E-state index in [2.05, 4.69) is 96.9 Å². The van der Waals surface area contributed by atoms with Crippen LogP contribution in [0.4, 0.5) is 0 Å². The molecule has 0 radical (unpaired) electrons. The molecule has 0 spiro atoms. The van der Waals surface area contributed by atoms with E-state index < -0.39 is 13.6 Å². The number of halogens is 1. The zero-order valence-corrected chi connectivity index (χ0v) is 16.2. The summed E-state index contributed by atoms with van der Waals surface area (Å²) in [5.41, 5.74) is 0. The minimum absolute atomic E-state index is 0. The minimum Gasteiger partial charge on any atom is -1.00 e. The van der Waals surface area contributed by atoms with Gasteiger partial charge >= 0.3 is 135 Å². The van der Waals surface area contributed by atoms with E-state index >= 15 is 0 Å². The zero-order chi connectivity index (χ0) is 15.3. The third kappa shape index (κ3) is 3.45. The molecule has 0 saturated heterocycles. The average Bonchev–Trinajstić information content (AvgIpc) is 2.62. The van der Waals surface area contributed by atoms with Crippen LogP contribution in [0.2, 0.25) is 5.21 Å². The van der Waals surface area contributed by atoms with Gasteiger partial charge in [0.1, 0.15) is 0 Å². The molecule has 0 atom stereocenters. The van der Waals surface area contributed by atoms with Gasteiger partial charge in [-0.1, -0.05) is 0 Å². The van der Waals surface area contributed by atoms with Crippen LogP contribution in [0.3, 0.4) is 0 Å². The van der Waals surface area contributed by atoms with E-state index in [0.717, 1.165) is 5.21 Å². The first-order valence-electron chi connectivity index (χ1n) is 7.36. The molecule has 2 heteroatoms. The monoisotopic (exact) mass is 424 g/mol. The Morgan fingerprint density at radius 2 is 0.913 bits per heavy atom. The minimum atomic E-state index is -2.60. The van der Waals surface area contributed by atoms with Gasteiger partial charge in [-0.05, 0) is 0 Å². The summed E-state index contributed by atoms with van der Waals surface area (Å²) in [7, 11) is 0. The predicted molar refractivity (Wildman–Crippen MR) is 97.6 cm³/mol. The van der Waals surface area contributed by atoms with Crippen LogP contribution in [0.15, 0.2) is 91.0 Å². The Morgan fingerprint density at radius 1 is 0.609 bits per heavy atom. The van der Waals surface area contributed by atoms with E-state index in [1.54, 1.807) is 0 Å². The van der Waals surface area contributed by atoms with Gasteiger partial charge < -0.3 is 17.0 Å². The molecule has 3 rings (SSSR count). The Bertz CT molecular complexity index is 665. The fraction of sp³-hybridized carbons (Fsp3) is 0.0476. The molecule has 23 heavy (non-hydrogen) atoms. The normalized spacial score (nSPS) is 10.4. The first-order valence-corrected chi connectivity index (χ1v) is 11.5. The molecule has 0 aliphatic heterocycles. The standard InChI is InChI=1S/C21H18As.BrH/c1-2-18-22(19-12-6-3-7-13-19,20-14-8-4-9-15-20)21-16-10-5-11-17-21;/h1,3-17H,18H2;1H/q+1;/p-1. The van der Waals surface area contributed by atoms with E-state index in [4.69, 9.17) is 6.42 Å². The van der Waals surface area contributed by atoms with E-state index in [1.807, 2.05) is 0 Å². The van der Waals surface area contributed by atoms with Crippen LogP contribution in [-0.2, 0) is 0 Å². The molecular weight excluding hydrogens is 407 g/mol. The Kier molecular flexibility index (Phi) is 6.28.